The lowest BCUT2D eigenvalue weighted by molar-refractivity contribution is 0.294. The Morgan fingerprint density at radius 1 is 1.03 bits per heavy atom. The number of aliphatic hydroxyl groups excluding tert-OH is 1. The molecule has 0 bridgehead atoms. The lowest BCUT2D eigenvalue weighted by Gasteiger charge is -2.08. The monoisotopic (exact) mass is 457 g/mol. The van der Waals surface area contributed by atoms with Crippen molar-refractivity contribution in [2.75, 3.05) is 6.61 Å². The van der Waals surface area contributed by atoms with Crippen molar-refractivity contribution in [2.45, 2.75) is 45.8 Å². The molecule has 176 valence electrons. The second kappa shape index (κ2) is 12.0. The van der Waals surface area contributed by atoms with Crippen molar-refractivity contribution in [3.8, 4) is 5.75 Å². The molecule has 0 saturated heterocycles. The zero-order valence-corrected chi connectivity index (χ0v) is 19.6. The summed E-state index contributed by atoms with van der Waals surface area (Å²) in [6.07, 6.45) is 13.1. The molecule has 0 atom stereocenters. The summed E-state index contributed by atoms with van der Waals surface area (Å²) in [5, 5.41) is 9.10. The predicted molar refractivity (Wildman–Crippen MR) is 133 cm³/mol. The number of oxazole rings is 1. The fourth-order valence-electron chi connectivity index (χ4n) is 3.79. The third kappa shape index (κ3) is 6.68. The first kappa shape index (κ1) is 23.5. The fraction of sp³-hybridized carbons (Fsp3) is 0.286. The topological polar surface area (TPSA) is 73.3 Å². The van der Waals surface area contributed by atoms with Crippen LogP contribution in [0.4, 0.5) is 0 Å². The normalized spacial score (nSPS) is 11.4. The van der Waals surface area contributed by atoms with Gasteiger partial charge in [-0.15, -0.1) is 0 Å². The van der Waals surface area contributed by atoms with Crippen LogP contribution in [0.2, 0.25) is 0 Å². The standard InChI is InChI=1S/C28H31N3O3/c1-22-6-2-3-8-24(22)11-14-28-30-25(21-34-28)20-33-26-12-9-23(10-13-26)7-4-5-17-31-18-16-29-27(31)15-19-32/h2-3,6,8-14,16,18,21,32H,4-5,7,15,17,19-20H2,1H3. The summed E-state index contributed by atoms with van der Waals surface area (Å²) < 4.78 is 13.5. The average molecular weight is 458 g/mol. The van der Waals surface area contributed by atoms with E-state index in [1.54, 1.807) is 12.5 Å². The molecule has 6 heteroatoms. The number of aliphatic hydroxyl groups is 1. The first-order valence-electron chi connectivity index (χ1n) is 11.7. The summed E-state index contributed by atoms with van der Waals surface area (Å²) in [6.45, 7) is 3.50. The quantitative estimate of drug-likeness (QED) is 0.285. The Kier molecular flexibility index (Phi) is 8.30. The molecule has 0 saturated carbocycles. The maximum absolute atomic E-state index is 9.10. The van der Waals surface area contributed by atoms with Crippen molar-refractivity contribution in [1.29, 1.82) is 0 Å². The summed E-state index contributed by atoms with van der Waals surface area (Å²) in [5.41, 5.74) is 4.40. The number of rotatable bonds is 12. The van der Waals surface area contributed by atoms with E-state index in [0.717, 1.165) is 48.6 Å². The molecule has 0 aliphatic rings. The van der Waals surface area contributed by atoms with Gasteiger partial charge in [0, 0.05) is 31.4 Å². The maximum Gasteiger partial charge on any atom is 0.218 e. The van der Waals surface area contributed by atoms with Gasteiger partial charge in [-0.2, -0.15) is 0 Å². The molecule has 0 aliphatic carbocycles. The van der Waals surface area contributed by atoms with E-state index in [1.165, 1.54) is 11.1 Å². The lowest BCUT2D eigenvalue weighted by atomic mass is 10.1. The van der Waals surface area contributed by atoms with Crippen molar-refractivity contribution >= 4 is 12.2 Å². The molecule has 0 amide bonds. The summed E-state index contributed by atoms with van der Waals surface area (Å²) in [4.78, 5) is 8.77. The van der Waals surface area contributed by atoms with E-state index >= 15 is 0 Å². The highest BCUT2D eigenvalue weighted by molar-refractivity contribution is 5.67. The van der Waals surface area contributed by atoms with Gasteiger partial charge in [-0.3, -0.25) is 0 Å². The Balaban J connectivity index is 1.20. The molecule has 2 heterocycles. The number of imidazole rings is 1. The zero-order chi connectivity index (χ0) is 23.6. The molecule has 2 aromatic carbocycles. The minimum absolute atomic E-state index is 0.133. The number of hydrogen-bond donors (Lipinski definition) is 1. The average Bonchev–Trinajstić information content (AvgIpc) is 3.50. The van der Waals surface area contributed by atoms with E-state index in [2.05, 4.69) is 45.7 Å². The van der Waals surface area contributed by atoms with E-state index in [-0.39, 0.29) is 6.61 Å². The summed E-state index contributed by atoms with van der Waals surface area (Å²) in [5.74, 6) is 2.33. The van der Waals surface area contributed by atoms with E-state index < -0.39 is 0 Å². The van der Waals surface area contributed by atoms with Crippen LogP contribution in [-0.2, 0) is 26.0 Å². The number of hydrogen-bond acceptors (Lipinski definition) is 5. The first-order chi connectivity index (χ1) is 16.7. The fourth-order valence-corrected chi connectivity index (χ4v) is 3.79. The van der Waals surface area contributed by atoms with Crippen molar-refractivity contribution in [2.24, 2.45) is 0 Å². The molecule has 0 radical (unpaired) electrons. The Labute approximate surface area is 200 Å². The van der Waals surface area contributed by atoms with Gasteiger partial charge in [0.05, 0.1) is 6.61 Å². The van der Waals surface area contributed by atoms with Gasteiger partial charge in [-0.25, -0.2) is 9.97 Å². The van der Waals surface area contributed by atoms with Crippen LogP contribution in [-0.4, -0.2) is 26.2 Å². The molecule has 0 aliphatic heterocycles. The van der Waals surface area contributed by atoms with Gasteiger partial charge in [0.1, 0.15) is 30.1 Å². The van der Waals surface area contributed by atoms with Crippen LogP contribution in [0.3, 0.4) is 0 Å². The molecule has 0 fully saturated rings. The summed E-state index contributed by atoms with van der Waals surface area (Å²) in [6, 6.07) is 16.4. The van der Waals surface area contributed by atoms with Crippen molar-refractivity contribution in [3.63, 3.8) is 0 Å². The number of aryl methyl sites for hydroxylation is 3. The smallest absolute Gasteiger partial charge is 0.218 e. The van der Waals surface area contributed by atoms with Crippen LogP contribution in [0.1, 0.15) is 46.9 Å². The van der Waals surface area contributed by atoms with Crippen LogP contribution in [0, 0.1) is 6.92 Å². The van der Waals surface area contributed by atoms with Crippen molar-refractivity contribution in [3.05, 3.63) is 101 Å². The summed E-state index contributed by atoms with van der Waals surface area (Å²) in [7, 11) is 0. The minimum Gasteiger partial charge on any atom is -0.487 e. The van der Waals surface area contributed by atoms with Crippen LogP contribution in [0.25, 0.3) is 12.2 Å². The molecule has 0 unspecified atom stereocenters. The number of benzene rings is 2. The molecule has 4 aromatic rings. The van der Waals surface area contributed by atoms with Crippen LogP contribution in [0.15, 0.2) is 71.6 Å². The van der Waals surface area contributed by atoms with Gasteiger partial charge in [0.25, 0.3) is 0 Å². The van der Waals surface area contributed by atoms with Gasteiger partial charge in [-0.1, -0.05) is 36.4 Å². The third-order valence-corrected chi connectivity index (χ3v) is 5.73. The highest BCUT2D eigenvalue weighted by Crippen LogP contribution is 2.17. The molecule has 4 rings (SSSR count). The first-order valence-corrected chi connectivity index (χ1v) is 11.7. The molecule has 2 aromatic heterocycles. The Hall–Kier alpha value is -3.64. The Bertz CT molecular complexity index is 1190. The zero-order valence-electron chi connectivity index (χ0n) is 19.6. The molecule has 6 nitrogen and oxygen atoms in total. The van der Waals surface area contributed by atoms with Gasteiger partial charge >= 0.3 is 0 Å². The second-order valence-corrected chi connectivity index (χ2v) is 8.27. The molecule has 0 spiro atoms. The number of unbranched alkanes of at least 4 members (excludes halogenated alkanes) is 1. The van der Waals surface area contributed by atoms with Crippen LogP contribution >= 0.6 is 0 Å². The number of ether oxygens (including phenoxy) is 1. The van der Waals surface area contributed by atoms with Gasteiger partial charge < -0.3 is 18.8 Å². The van der Waals surface area contributed by atoms with E-state index in [9.17, 15) is 0 Å². The van der Waals surface area contributed by atoms with E-state index in [4.69, 9.17) is 14.3 Å². The predicted octanol–water partition coefficient (Wildman–Crippen LogP) is 5.49. The number of nitrogens with zero attached hydrogens (tertiary/aromatic N) is 3. The lowest BCUT2D eigenvalue weighted by Crippen LogP contribution is -2.05. The molecular formula is C28H31N3O3. The Morgan fingerprint density at radius 2 is 1.88 bits per heavy atom. The second-order valence-electron chi connectivity index (χ2n) is 8.27. The molecule has 34 heavy (non-hydrogen) atoms. The molecule has 1 N–H and O–H groups in total. The van der Waals surface area contributed by atoms with Crippen molar-refractivity contribution < 1.29 is 14.3 Å². The highest BCUT2D eigenvalue weighted by Gasteiger charge is 2.04. The summed E-state index contributed by atoms with van der Waals surface area (Å²) >= 11 is 0. The Morgan fingerprint density at radius 3 is 2.71 bits per heavy atom. The van der Waals surface area contributed by atoms with Crippen LogP contribution < -0.4 is 4.74 Å². The van der Waals surface area contributed by atoms with Gasteiger partial charge in [0.15, 0.2) is 0 Å². The van der Waals surface area contributed by atoms with Crippen LogP contribution in [0.5, 0.6) is 5.75 Å². The minimum atomic E-state index is 0.133. The maximum atomic E-state index is 9.10. The van der Waals surface area contributed by atoms with Crippen molar-refractivity contribution in [1.82, 2.24) is 14.5 Å². The van der Waals surface area contributed by atoms with E-state index in [1.807, 2.05) is 42.6 Å². The van der Waals surface area contributed by atoms with E-state index in [0.29, 0.717) is 18.9 Å². The van der Waals surface area contributed by atoms with Gasteiger partial charge in [0.2, 0.25) is 5.89 Å². The third-order valence-electron chi connectivity index (χ3n) is 5.73. The van der Waals surface area contributed by atoms with Gasteiger partial charge in [-0.05, 0) is 61.1 Å². The molecular weight excluding hydrogens is 426 g/mol. The highest BCUT2D eigenvalue weighted by atomic mass is 16.5. The SMILES string of the molecule is Cc1ccccc1C=Cc1nc(COc2ccc(CCCCn3ccnc3CCO)cc2)co1. The largest absolute Gasteiger partial charge is 0.487 e. The number of aromatic nitrogens is 3.